The third-order valence-corrected chi connectivity index (χ3v) is 13.7. The summed E-state index contributed by atoms with van der Waals surface area (Å²) in [6, 6.07) is 28.8. The summed E-state index contributed by atoms with van der Waals surface area (Å²) in [6.07, 6.45) is 1.05. The van der Waals surface area contributed by atoms with Crippen LogP contribution in [0.1, 0.15) is 49.9 Å². The normalized spacial score (nSPS) is 12.8. The third kappa shape index (κ3) is 12.6. The summed E-state index contributed by atoms with van der Waals surface area (Å²) in [7, 11) is -1.37. The molecule has 2 atom stereocenters. The second kappa shape index (κ2) is 21.5. The molecule has 0 N–H and O–H groups in total. The van der Waals surface area contributed by atoms with Crippen LogP contribution in [0.25, 0.3) is 0 Å². The highest BCUT2D eigenvalue weighted by atomic mass is 32.2. The monoisotopic (exact) mass is 810 g/mol. The lowest BCUT2D eigenvalue weighted by molar-refractivity contribution is -0.109. The van der Waals surface area contributed by atoms with E-state index in [2.05, 4.69) is 0 Å². The summed E-state index contributed by atoms with van der Waals surface area (Å²) in [5.74, 6) is 2.14. The number of aldehydes is 2. The molecule has 0 unspecified atom stereocenters. The van der Waals surface area contributed by atoms with Gasteiger partial charge in [-0.25, -0.2) is 16.8 Å². The molecule has 0 radical (unpaired) electrons. The molecule has 4 rings (SSSR count). The second-order valence-corrected chi connectivity index (χ2v) is 17.9. The van der Waals surface area contributed by atoms with Crippen LogP contribution in [0.5, 0.6) is 23.0 Å². The van der Waals surface area contributed by atoms with Gasteiger partial charge in [-0.15, -0.1) is 0 Å². The molecule has 0 spiro atoms. The number of hydrogen-bond donors (Lipinski definition) is 0. The number of hydrogen-bond acceptors (Lipinski definition) is 10. The lowest BCUT2D eigenvalue weighted by Crippen LogP contribution is -2.41. The van der Waals surface area contributed by atoms with Crippen molar-refractivity contribution in [2.45, 2.75) is 64.4 Å². The molecule has 304 valence electrons. The number of carbonyl (C=O) groups is 2. The fourth-order valence-corrected chi connectivity index (χ4v) is 9.36. The Morgan fingerprint density at radius 3 is 0.768 bits per heavy atom. The van der Waals surface area contributed by atoms with Gasteiger partial charge in [0.2, 0.25) is 20.0 Å². The van der Waals surface area contributed by atoms with Gasteiger partial charge in [0.05, 0.1) is 28.4 Å². The zero-order valence-corrected chi connectivity index (χ0v) is 35.0. The maximum absolute atomic E-state index is 13.2. The number of rotatable bonds is 20. The highest BCUT2D eigenvalue weighted by molar-refractivity contribution is 7.90. The van der Waals surface area contributed by atoms with Crippen molar-refractivity contribution in [2.75, 3.05) is 28.4 Å². The number of nitrogens with zero attached hydrogens (tertiary/aromatic N) is 2. The van der Waals surface area contributed by atoms with Crippen LogP contribution in [-0.2, 0) is 55.8 Å². The van der Waals surface area contributed by atoms with Gasteiger partial charge in [-0.1, -0.05) is 76.2 Å². The van der Waals surface area contributed by atoms with Gasteiger partial charge in [-0.3, -0.25) is 0 Å². The van der Waals surface area contributed by atoms with Crippen molar-refractivity contribution in [3.8, 4) is 23.0 Å². The Hall–Kier alpha value is -4.76. The highest BCUT2D eigenvalue weighted by Crippen LogP contribution is 2.25. The summed E-state index contributed by atoms with van der Waals surface area (Å²) in [6.45, 7) is 7.58. The summed E-state index contributed by atoms with van der Waals surface area (Å²) >= 11 is 0. The van der Waals surface area contributed by atoms with Crippen LogP contribution >= 0.6 is 0 Å². The summed E-state index contributed by atoms with van der Waals surface area (Å²) in [5.41, 5.74) is 3.25. The molecule has 4 aromatic carbocycles. The Bertz CT molecular complexity index is 1770. The van der Waals surface area contributed by atoms with E-state index in [9.17, 15) is 26.4 Å². The fourth-order valence-electron chi connectivity index (χ4n) is 5.70. The van der Waals surface area contributed by atoms with Crippen LogP contribution in [0, 0.1) is 11.8 Å². The van der Waals surface area contributed by atoms with Crippen LogP contribution in [0.15, 0.2) is 97.1 Å². The molecule has 0 bridgehead atoms. The molecule has 0 aliphatic rings. The van der Waals surface area contributed by atoms with Gasteiger partial charge in [0, 0.05) is 26.2 Å². The van der Waals surface area contributed by atoms with Crippen molar-refractivity contribution < 1.29 is 45.4 Å². The summed E-state index contributed by atoms with van der Waals surface area (Å²) in [4.78, 5) is 23.1. The van der Waals surface area contributed by atoms with Gasteiger partial charge in [0.25, 0.3) is 0 Å². The molecular weight excluding hydrogens is 757 g/mol. The molecule has 12 nitrogen and oxygen atoms in total. The summed E-state index contributed by atoms with van der Waals surface area (Å²) in [5, 5.41) is -2.19. The summed E-state index contributed by atoms with van der Waals surface area (Å²) < 4.78 is 76.2. The molecule has 4 aromatic rings. The lowest BCUT2D eigenvalue weighted by Gasteiger charge is -2.27. The maximum atomic E-state index is 13.2. The van der Waals surface area contributed by atoms with Crippen LogP contribution in [0.3, 0.4) is 0 Å². The van der Waals surface area contributed by atoms with E-state index in [1.54, 1.807) is 105 Å². The SMILES string of the molecule is COc1ccc(CN(Cc2ccc(OC)cc2)S(=O)(=O)[C@@H](C=O)C(C)C)cc1.COc1ccc(CN(Cc2ccc(OC)cc2)S(=O)(=O)[C@H](C=O)C(C)C)cc1. The van der Waals surface area contributed by atoms with Gasteiger partial charge in [0.1, 0.15) is 46.1 Å². The zero-order valence-electron chi connectivity index (χ0n) is 33.3. The standard InChI is InChI=1S/2C21H27NO5S/c2*1-16(2)21(15-23)28(24,25)22(13-17-5-9-19(26-3)10-6-17)14-18-7-11-20(27-4)12-8-18/h2*5-12,15-16,21H,13-14H2,1-4H3/t2*21-/m10/s1. The van der Waals surface area contributed by atoms with Gasteiger partial charge in [0.15, 0.2) is 0 Å². The van der Waals surface area contributed by atoms with E-state index >= 15 is 0 Å². The first-order valence-corrected chi connectivity index (χ1v) is 21.0. The molecule has 0 saturated carbocycles. The quantitative estimate of drug-likeness (QED) is 0.0905. The number of carbonyl (C=O) groups excluding carboxylic acids is 2. The average molecular weight is 811 g/mol. The molecular formula is C42H54N2O10S2. The van der Waals surface area contributed by atoms with Crippen molar-refractivity contribution >= 4 is 32.6 Å². The van der Waals surface area contributed by atoms with Crippen molar-refractivity contribution in [1.82, 2.24) is 8.61 Å². The minimum Gasteiger partial charge on any atom is -0.497 e. The van der Waals surface area contributed by atoms with E-state index < -0.39 is 30.5 Å². The topological polar surface area (TPSA) is 146 Å². The Balaban J connectivity index is 0.000000300. The second-order valence-electron chi connectivity index (χ2n) is 13.7. The molecule has 56 heavy (non-hydrogen) atoms. The van der Waals surface area contributed by atoms with Gasteiger partial charge >= 0.3 is 0 Å². The van der Waals surface area contributed by atoms with Crippen LogP contribution in [-0.4, -0.2) is 77.0 Å². The first-order chi connectivity index (χ1) is 26.6. The Labute approximate surface area is 332 Å². The molecule has 0 amide bonds. The Kier molecular flexibility index (Phi) is 17.5. The van der Waals surface area contributed by atoms with Gasteiger partial charge < -0.3 is 28.5 Å². The Morgan fingerprint density at radius 1 is 0.429 bits per heavy atom. The molecule has 0 fully saturated rings. The van der Waals surface area contributed by atoms with E-state index in [-0.39, 0.29) is 38.0 Å². The van der Waals surface area contributed by atoms with Gasteiger partial charge in [-0.2, -0.15) is 8.61 Å². The number of sulfonamides is 2. The van der Waals surface area contributed by atoms with Crippen molar-refractivity contribution in [1.29, 1.82) is 0 Å². The van der Waals surface area contributed by atoms with E-state index in [0.29, 0.717) is 35.6 Å². The molecule has 0 aliphatic heterocycles. The zero-order chi connectivity index (χ0) is 41.5. The predicted octanol–water partition coefficient (Wildman–Crippen LogP) is 6.52. The largest absolute Gasteiger partial charge is 0.497 e. The number of benzene rings is 4. The van der Waals surface area contributed by atoms with E-state index in [1.165, 1.54) is 8.61 Å². The average Bonchev–Trinajstić information content (AvgIpc) is 3.18. The van der Waals surface area contributed by atoms with Crippen molar-refractivity contribution in [3.63, 3.8) is 0 Å². The van der Waals surface area contributed by atoms with Crippen LogP contribution in [0.4, 0.5) is 0 Å². The fraction of sp³-hybridized carbons (Fsp3) is 0.381. The molecule has 14 heteroatoms. The number of ether oxygens (including phenoxy) is 4. The van der Waals surface area contributed by atoms with Crippen molar-refractivity contribution in [2.24, 2.45) is 11.8 Å². The molecule has 0 aromatic heterocycles. The van der Waals surface area contributed by atoms with Crippen molar-refractivity contribution in [3.05, 3.63) is 119 Å². The number of methoxy groups -OCH3 is 4. The predicted molar refractivity (Wildman–Crippen MR) is 218 cm³/mol. The first kappa shape index (κ1) is 45.6. The van der Waals surface area contributed by atoms with E-state index in [1.807, 2.05) is 48.5 Å². The van der Waals surface area contributed by atoms with Crippen LogP contribution < -0.4 is 18.9 Å². The Morgan fingerprint density at radius 2 is 0.625 bits per heavy atom. The first-order valence-electron chi connectivity index (χ1n) is 18.0. The van der Waals surface area contributed by atoms with E-state index in [4.69, 9.17) is 18.9 Å². The van der Waals surface area contributed by atoms with Crippen LogP contribution in [0.2, 0.25) is 0 Å². The van der Waals surface area contributed by atoms with E-state index in [0.717, 1.165) is 22.3 Å². The van der Waals surface area contributed by atoms with Gasteiger partial charge in [-0.05, 0) is 82.6 Å². The minimum atomic E-state index is -3.84. The molecule has 0 aliphatic carbocycles. The third-order valence-electron chi connectivity index (χ3n) is 9.06. The lowest BCUT2D eigenvalue weighted by atomic mass is 10.1. The smallest absolute Gasteiger partial charge is 0.224 e. The minimum absolute atomic E-state index is 0.162. The molecule has 0 saturated heterocycles. The molecule has 0 heterocycles. The highest BCUT2D eigenvalue weighted by Gasteiger charge is 2.35. The maximum Gasteiger partial charge on any atom is 0.224 e.